The highest BCUT2D eigenvalue weighted by atomic mass is 16.3. The molecule has 0 saturated carbocycles. The number of aliphatic hydroxyl groups is 1. The van der Waals surface area contributed by atoms with E-state index in [4.69, 9.17) is 4.99 Å². The van der Waals surface area contributed by atoms with Crippen molar-refractivity contribution in [3.8, 4) is 0 Å². The molecule has 2 atom stereocenters. The van der Waals surface area contributed by atoms with E-state index in [1.54, 1.807) is 0 Å². The van der Waals surface area contributed by atoms with Gasteiger partial charge in [-0.05, 0) is 44.3 Å². The van der Waals surface area contributed by atoms with Gasteiger partial charge in [-0.15, -0.1) is 0 Å². The topological polar surface area (TPSA) is 59.9 Å². The predicted octanol–water partition coefficient (Wildman–Crippen LogP) is 2.44. The number of nitrogens with zero attached hydrogens (tertiary/aromatic N) is 2. The standard InChI is InChI=1S/C21H36N4O/c1-4-22-21(23-14-19(16-26)18-10-6-5-7-11-18)24-15-20(17(2)3)25-12-8-9-13-25/h5-7,10-11,17,19-20,26H,4,8-9,12-16H2,1-3H3,(H2,22,23,24). The number of rotatable bonds is 9. The minimum Gasteiger partial charge on any atom is -0.396 e. The van der Waals surface area contributed by atoms with Crippen molar-refractivity contribution < 1.29 is 5.11 Å². The third kappa shape index (κ3) is 6.29. The Labute approximate surface area is 158 Å². The summed E-state index contributed by atoms with van der Waals surface area (Å²) in [6.45, 7) is 11.5. The predicted molar refractivity (Wildman–Crippen MR) is 110 cm³/mol. The van der Waals surface area contributed by atoms with Crippen molar-refractivity contribution in [2.75, 3.05) is 39.3 Å². The molecule has 5 nitrogen and oxygen atoms in total. The van der Waals surface area contributed by atoms with Crippen molar-refractivity contribution in [2.45, 2.75) is 45.6 Å². The first-order chi connectivity index (χ1) is 12.7. The van der Waals surface area contributed by atoms with Gasteiger partial charge >= 0.3 is 0 Å². The Morgan fingerprint density at radius 1 is 1.15 bits per heavy atom. The molecule has 0 radical (unpaired) electrons. The largest absolute Gasteiger partial charge is 0.396 e. The fourth-order valence-corrected chi connectivity index (χ4v) is 3.58. The molecule has 0 spiro atoms. The Hall–Kier alpha value is -1.59. The highest BCUT2D eigenvalue weighted by Crippen LogP contribution is 2.18. The first kappa shape index (κ1) is 20.7. The summed E-state index contributed by atoms with van der Waals surface area (Å²) in [4.78, 5) is 7.43. The van der Waals surface area contributed by atoms with Crippen molar-refractivity contribution in [3.05, 3.63) is 35.9 Å². The molecule has 1 aliphatic heterocycles. The number of guanidine groups is 1. The van der Waals surface area contributed by atoms with Gasteiger partial charge in [-0.25, -0.2) is 0 Å². The van der Waals surface area contributed by atoms with E-state index in [0.29, 0.717) is 18.5 Å². The Morgan fingerprint density at radius 3 is 2.42 bits per heavy atom. The number of hydrogen-bond acceptors (Lipinski definition) is 3. The van der Waals surface area contributed by atoms with Gasteiger partial charge in [-0.3, -0.25) is 9.89 Å². The van der Waals surface area contributed by atoms with Crippen LogP contribution in [0.3, 0.4) is 0 Å². The molecule has 2 rings (SSSR count). The van der Waals surface area contributed by atoms with Crippen molar-refractivity contribution >= 4 is 5.96 Å². The Balaban J connectivity index is 1.96. The van der Waals surface area contributed by atoms with E-state index in [0.717, 1.165) is 24.6 Å². The first-order valence-electron chi connectivity index (χ1n) is 10.1. The van der Waals surface area contributed by atoms with Gasteiger partial charge in [0.2, 0.25) is 0 Å². The lowest BCUT2D eigenvalue weighted by Gasteiger charge is -2.29. The average molecular weight is 361 g/mol. The lowest BCUT2D eigenvalue weighted by Crippen LogP contribution is -2.43. The molecule has 1 saturated heterocycles. The second-order valence-electron chi connectivity index (χ2n) is 7.45. The smallest absolute Gasteiger partial charge is 0.191 e. The van der Waals surface area contributed by atoms with E-state index in [9.17, 15) is 5.11 Å². The Bertz CT molecular complexity index is 526. The molecule has 0 aromatic heterocycles. The van der Waals surface area contributed by atoms with Gasteiger partial charge in [0, 0.05) is 25.0 Å². The molecule has 1 fully saturated rings. The molecule has 0 amide bonds. The van der Waals surface area contributed by atoms with Gasteiger partial charge in [-0.2, -0.15) is 0 Å². The van der Waals surface area contributed by atoms with Crippen LogP contribution in [0.2, 0.25) is 0 Å². The molecule has 1 aliphatic rings. The molecule has 1 aromatic carbocycles. The highest BCUT2D eigenvalue weighted by Gasteiger charge is 2.24. The summed E-state index contributed by atoms with van der Waals surface area (Å²) in [7, 11) is 0. The van der Waals surface area contributed by atoms with E-state index >= 15 is 0 Å². The fraction of sp³-hybridized carbons (Fsp3) is 0.667. The minimum atomic E-state index is 0.0690. The normalized spacial score (nSPS) is 18.1. The van der Waals surface area contributed by atoms with E-state index in [1.807, 2.05) is 18.2 Å². The quantitative estimate of drug-likeness (QED) is 0.468. The maximum Gasteiger partial charge on any atom is 0.191 e. The summed E-state index contributed by atoms with van der Waals surface area (Å²) in [6, 6.07) is 10.7. The summed E-state index contributed by atoms with van der Waals surface area (Å²) in [5.74, 6) is 1.50. The number of hydrogen-bond donors (Lipinski definition) is 3. The van der Waals surface area contributed by atoms with Crippen molar-refractivity contribution in [1.29, 1.82) is 0 Å². The van der Waals surface area contributed by atoms with Gasteiger partial charge in [0.05, 0.1) is 13.2 Å². The summed E-state index contributed by atoms with van der Waals surface area (Å²) >= 11 is 0. The lowest BCUT2D eigenvalue weighted by atomic mass is 10.0. The molecule has 1 heterocycles. The van der Waals surface area contributed by atoms with Gasteiger partial charge in [-0.1, -0.05) is 44.2 Å². The second-order valence-corrected chi connectivity index (χ2v) is 7.45. The van der Waals surface area contributed by atoms with Gasteiger partial charge in [0.1, 0.15) is 0 Å². The monoisotopic (exact) mass is 360 g/mol. The number of aliphatic imine (C=N–C) groups is 1. The number of likely N-dealkylation sites (tertiary alicyclic amines) is 1. The molecule has 1 aromatic rings. The van der Waals surface area contributed by atoms with E-state index < -0.39 is 0 Å². The van der Waals surface area contributed by atoms with Crippen LogP contribution >= 0.6 is 0 Å². The zero-order chi connectivity index (χ0) is 18.8. The molecule has 2 unspecified atom stereocenters. The summed E-state index contributed by atoms with van der Waals surface area (Å²) in [5, 5.41) is 16.5. The molecule has 0 aliphatic carbocycles. The minimum absolute atomic E-state index is 0.0690. The number of aliphatic hydroxyl groups excluding tert-OH is 1. The van der Waals surface area contributed by atoms with Crippen LogP contribution in [-0.4, -0.2) is 61.3 Å². The molecule has 3 N–H and O–H groups in total. The van der Waals surface area contributed by atoms with Gasteiger partial charge in [0.15, 0.2) is 5.96 Å². The van der Waals surface area contributed by atoms with E-state index in [1.165, 1.54) is 25.9 Å². The van der Waals surface area contributed by atoms with Crippen LogP contribution < -0.4 is 10.6 Å². The first-order valence-corrected chi connectivity index (χ1v) is 10.1. The third-order valence-corrected chi connectivity index (χ3v) is 5.17. The van der Waals surface area contributed by atoms with Crippen molar-refractivity contribution in [2.24, 2.45) is 10.9 Å². The molecular weight excluding hydrogens is 324 g/mol. The summed E-state index contributed by atoms with van der Waals surface area (Å²) in [5.41, 5.74) is 1.15. The van der Waals surface area contributed by atoms with Gasteiger partial charge in [0.25, 0.3) is 0 Å². The van der Waals surface area contributed by atoms with Crippen molar-refractivity contribution in [3.63, 3.8) is 0 Å². The molecule has 5 heteroatoms. The van der Waals surface area contributed by atoms with Crippen LogP contribution in [0.5, 0.6) is 0 Å². The Morgan fingerprint density at radius 2 is 1.85 bits per heavy atom. The van der Waals surface area contributed by atoms with E-state index in [2.05, 4.69) is 48.4 Å². The second kappa shape index (κ2) is 11.2. The van der Waals surface area contributed by atoms with Crippen LogP contribution in [0.15, 0.2) is 35.3 Å². The molecular formula is C21H36N4O. The summed E-state index contributed by atoms with van der Waals surface area (Å²) in [6.07, 6.45) is 2.61. The van der Waals surface area contributed by atoms with Crippen LogP contribution in [0, 0.1) is 5.92 Å². The number of nitrogens with one attached hydrogen (secondary N) is 2. The maximum absolute atomic E-state index is 9.75. The summed E-state index contributed by atoms with van der Waals surface area (Å²) < 4.78 is 0. The zero-order valence-corrected chi connectivity index (χ0v) is 16.6. The molecule has 26 heavy (non-hydrogen) atoms. The molecule has 146 valence electrons. The SMILES string of the molecule is CCNC(=NCC(C(C)C)N1CCCC1)NCC(CO)c1ccccc1. The van der Waals surface area contributed by atoms with Crippen LogP contribution in [0.25, 0.3) is 0 Å². The number of benzene rings is 1. The van der Waals surface area contributed by atoms with Crippen LogP contribution in [0.4, 0.5) is 0 Å². The molecule has 0 bridgehead atoms. The van der Waals surface area contributed by atoms with Crippen molar-refractivity contribution in [1.82, 2.24) is 15.5 Å². The fourth-order valence-electron chi connectivity index (χ4n) is 3.58. The van der Waals surface area contributed by atoms with Gasteiger partial charge < -0.3 is 15.7 Å². The Kier molecular flexibility index (Phi) is 8.92. The zero-order valence-electron chi connectivity index (χ0n) is 16.6. The van der Waals surface area contributed by atoms with Crippen LogP contribution in [-0.2, 0) is 0 Å². The lowest BCUT2D eigenvalue weighted by molar-refractivity contribution is 0.197. The maximum atomic E-state index is 9.75. The third-order valence-electron chi connectivity index (χ3n) is 5.17. The highest BCUT2D eigenvalue weighted by molar-refractivity contribution is 5.79. The van der Waals surface area contributed by atoms with Crippen LogP contribution in [0.1, 0.15) is 45.1 Å². The van der Waals surface area contributed by atoms with E-state index in [-0.39, 0.29) is 12.5 Å². The average Bonchev–Trinajstić information content (AvgIpc) is 3.17.